The summed E-state index contributed by atoms with van der Waals surface area (Å²) in [5.74, 6) is 0.435. The molecule has 0 amide bonds. The normalized spacial score (nSPS) is 11.4. The molecule has 0 aliphatic heterocycles. The lowest BCUT2D eigenvalue weighted by atomic mass is 10.2. The van der Waals surface area contributed by atoms with Gasteiger partial charge in [0.2, 0.25) is 0 Å². The number of nitrogens with zero attached hydrogens (tertiary/aromatic N) is 1. The second-order valence-electron chi connectivity index (χ2n) is 3.56. The van der Waals surface area contributed by atoms with Crippen molar-refractivity contribution in [3.8, 4) is 0 Å². The first-order chi connectivity index (χ1) is 6.58. The van der Waals surface area contributed by atoms with Crippen molar-refractivity contribution in [3.05, 3.63) is 22.2 Å². The molecule has 1 aromatic heterocycles. The summed E-state index contributed by atoms with van der Waals surface area (Å²) in [6.07, 6.45) is 0. The molecule has 74 valence electrons. The number of nitrogens with two attached hydrogens (primary N) is 1. The molecule has 1 heterocycles. The van der Waals surface area contributed by atoms with Crippen molar-refractivity contribution in [1.82, 2.24) is 4.98 Å². The molecule has 0 aliphatic carbocycles. The molecule has 2 N–H and O–H groups in total. The van der Waals surface area contributed by atoms with Gasteiger partial charge in [-0.05, 0) is 12.1 Å². The van der Waals surface area contributed by atoms with E-state index in [9.17, 15) is 0 Å². The van der Waals surface area contributed by atoms with Crippen molar-refractivity contribution in [2.45, 2.75) is 19.8 Å². The number of benzene rings is 1. The molecule has 0 radical (unpaired) electrons. The number of anilines is 1. The Hall–Kier alpha value is -0.800. The summed E-state index contributed by atoms with van der Waals surface area (Å²) in [7, 11) is 0. The van der Waals surface area contributed by atoms with E-state index in [1.54, 1.807) is 17.4 Å². The molecular formula is C10H11ClN2S. The van der Waals surface area contributed by atoms with E-state index < -0.39 is 0 Å². The van der Waals surface area contributed by atoms with Gasteiger partial charge in [-0.25, -0.2) is 4.98 Å². The summed E-state index contributed by atoms with van der Waals surface area (Å²) in [6, 6.07) is 3.67. The maximum Gasteiger partial charge on any atom is 0.100 e. The van der Waals surface area contributed by atoms with E-state index in [4.69, 9.17) is 17.3 Å². The highest BCUT2D eigenvalue weighted by Crippen LogP contribution is 2.33. The Kier molecular flexibility index (Phi) is 2.37. The number of halogens is 1. The van der Waals surface area contributed by atoms with E-state index >= 15 is 0 Å². The molecule has 0 spiro atoms. The number of hydrogen-bond donors (Lipinski definition) is 1. The van der Waals surface area contributed by atoms with Gasteiger partial charge in [-0.15, -0.1) is 11.3 Å². The maximum absolute atomic E-state index is 6.04. The average molecular weight is 227 g/mol. The maximum atomic E-state index is 6.04. The van der Waals surface area contributed by atoms with Gasteiger partial charge in [0.15, 0.2) is 0 Å². The molecule has 14 heavy (non-hydrogen) atoms. The number of thiazole rings is 1. The second-order valence-corrected chi connectivity index (χ2v) is 5.03. The van der Waals surface area contributed by atoms with Crippen LogP contribution in [0, 0.1) is 0 Å². The summed E-state index contributed by atoms with van der Waals surface area (Å²) in [6.45, 7) is 4.24. The van der Waals surface area contributed by atoms with Crippen molar-refractivity contribution < 1.29 is 0 Å². The van der Waals surface area contributed by atoms with E-state index in [0.717, 1.165) is 15.2 Å². The average Bonchev–Trinajstić information content (AvgIpc) is 2.47. The lowest BCUT2D eigenvalue weighted by Gasteiger charge is -1.95. The van der Waals surface area contributed by atoms with Crippen molar-refractivity contribution in [2.75, 3.05) is 5.73 Å². The number of nitrogen functional groups attached to an aromatic ring is 1. The quantitative estimate of drug-likeness (QED) is 0.754. The van der Waals surface area contributed by atoms with Gasteiger partial charge in [0.05, 0.1) is 14.7 Å². The van der Waals surface area contributed by atoms with Crippen LogP contribution in [0.1, 0.15) is 24.8 Å². The van der Waals surface area contributed by atoms with E-state index in [1.165, 1.54) is 0 Å². The molecule has 2 rings (SSSR count). The Morgan fingerprint density at radius 2 is 2.14 bits per heavy atom. The number of aromatic nitrogens is 1. The molecule has 0 aliphatic rings. The Bertz CT molecular complexity index is 476. The molecule has 2 nitrogen and oxygen atoms in total. The summed E-state index contributed by atoms with van der Waals surface area (Å²) in [4.78, 5) is 4.48. The summed E-state index contributed by atoms with van der Waals surface area (Å²) in [5.41, 5.74) is 7.27. The Labute approximate surface area is 91.7 Å². The minimum absolute atomic E-state index is 0.435. The van der Waals surface area contributed by atoms with Crippen molar-refractivity contribution in [3.63, 3.8) is 0 Å². The molecule has 0 fully saturated rings. The van der Waals surface area contributed by atoms with Gasteiger partial charge in [0.25, 0.3) is 0 Å². The molecular weight excluding hydrogens is 216 g/mol. The molecule has 0 bridgehead atoms. The smallest absolute Gasteiger partial charge is 0.100 e. The summed E-state index contributed by atoms with van der Waals surface area (Å²) in [5, 5.41) is 1.75. The van der Waals surface area contributed by atoms with Crippen LogP contribution in [0.3, 0.4) is 0 Å². The third kappa shape index (κ3) is 1.57. The number of rotatable bonds is 1. The fraction of sp³-hybridized carbons (Fsp3) is 0.300. The van der Waals surface area contributed by atoms with E-state index in [2.05, 4.69) is 18.8 Å². The summed E-state index contributed by atoms with van der Waals surface area (Å²) < 4.78 is 1.07. The van der Waals surface area contributed by atoms with Gasteiger partial charge < -0.3 is 5.73 Å². The fourth-order valence-electron chi connectivity index (χ4n) is 1.27. The molecule has 2 aromatic rings. The van der Waals surface area contributed by atoms with Crippen LogP contribution in [0.2, 0.25) is 5.02 Å². The van der Waals surface area contributed by atoms with Crippen molar-refractivity contribution in [2.24, 2.45) is 0 Å². The minimum Gasteiger partial charge on any atom is -0.399 e. The van der Waals surface area contributed by atoms with Gasteiger partial charge in [-0.3, -0.25) is 0 Å². The van der Waals surface area contributed by atoms with Crippen LogP contribution in [0.4, 0.5) is 5.69 Å². The van der Waals surface area contributed by atoms with Crippen LogP contribution in [-0.4, -0.2) is 4.98 Å². The molecule has 0 atom stereocenters. The largest absolute Gasteiger partial charge is 0.399 e. The standard InChI is InChI=1S/C10H11ClN2S/c1-5(2)10-13-9-7(11)3-6(12)4-8(9)14-10/h3-5H,12H2,1-2H3. The van der Waals surface area contributed by atoms with Gasteiger partial charge >= 0.3 is 0 Å². The molecule has 0 unspecified atom stereocenters. The zero-order chi connectivity index (χ0) is 10.3. The van der Waals surface area contributed by atoms with Crippen LogP contribution < -0.4 is 5.73 Å². The summed E-state index contributed by atoms with van der Waals surface area (Å²) >= 11 is 7.70. The lowest BCUT2D eigenvalue weighted by molar-refractivity contribution is 0.857. The monoisotopic (exact) mass is 226 g/mol. The first-order valence-corrected chi connectivity index (χ1v) is 5.63. The third-order valence-corrected chi connectivity index (χ3v) is 3.57. The molecule has 4 heteroatoms. The third-order valence-electron chi connectivity index (χ3n) is 1.98. The van der Waals surface area contributed by atoms with Gasteiger partial charge in [-0.1, -0.05) is 25.4 Å². The SMILES string of the molecule is CC(C)c1nc2c(Cl)cc(N)cc2s1. The van der Waals surface area contributed by atoms with Crippen LogP contribution in [0.15, 0.2) is 12.1 Å². The Morgan fingerprint density at radius 1 is 1.43 bits per heavy atom. The van der Waals surface area contributed by atoms with Crippen LogP contribution in [0.5, 0.6) is 0 Å². The van der Waals surface area contributed by atoms with Crippen LogP contribution >= 0.6 is 22.9 Å². The highest BCUT2D eigenvalue weighted by Gasteiger charge is 2.10. The van der Waals surface area contributed by atoms with E-state index in [0.29, 0.717) is 16.6 Å². The van der Waals surface area contributed by atoms with E-state index in [-0.39, 0.29) is 0 Å². The Morgan fingerprint density at radius 3 is 2.79 bits per heavy atom. The number of fused-ring (bicyclic) bond motifs is 1. The highest BCUT2D eigenvalue weighted by molar-refractivity contribution is 7.18. The van der Waals surface area contributed by atoms with Crippen LogP contribution in [0.25, 0.3) is 10.2 Å². The predicted octanol–water partition coefficient (Wildman–Crippen LogP) is 3.66. The van der Waals surface area contributed by atoms with Crippen molar-refractivity contribution in [1.29, 1.82) is 0 Å². The van der Waals surface area contributed by atoms with Gasteiger partial charge in [0.1, 0.15) is 5.52 Å². The molecule has 0 saturated heterocycles. The first kappa shape index (κ1) is 9.74. The predicted molar refractivity (Wildman–Crippen MR) is 63.1 cm³/mol. The molecule has 1 aromatic carbocycles. The second kappa shape index (κ2) is 3.41. The van der Waals surface area contributed by atoms with Crippen LogP contribution in [-0.2, 0) is 0 Å². The number of hydrogen-bond acceptors (Lipinski definition) is 3. The van der Waals surface area contributed by atoms with Crippen molar-refractivity contribution >= 4 is 38.8 Å². The molecule has 0 saturated carbocycles. The zero-order valence-electron chi connectivity index (χ0n) is 8.04. The topological polar surface area (TPSA) is 38.9 Å². The van der Waals surface area contributed by atoms with Gasteiger partial charge in [-0.2, -0.15) is 0 Å². The highest BCUT2D eigenvalue weighted by atomic mass is 35.5. The van der Waals surface area contributed by atoms with Gasteiger partial charge in [0, 0.05) is 11.6 Å². The fourth-order valence-corrected chi connectivity index (χ4v) is 2.64. The van der Waals surface area contributed by atoms with E-state index in [1.807, 2.05) is 6.07 Å². The zero-order valence-corrected chi connectivity index (χ0v) is 9.62. The minimum atomic E-state index is 0.435. The Balaban J connectivity index is 2.70. The first-order valence-electron chi connectivity index (χ1n) is 4.43. The lowest BCUT2D eigenvalue weighted by Crippen LogP contribution is -1.85.